The van der Waals surface area contributed by atoms with Crippen molar-refractivity contribution in [3.8, 4) is 0 Å². The monoisotopic (exact) mass is 449 g/mol. The van der Waals surface area contributed by atoms with Gasteiger partial charge in [-0.05, 0) is 36.6 Å². The number of amides is 2. The lowest BCUT2D eigenvalue weighted by Gasteiger charge is -2.22. The summed E-state index contributed by atoms with van der Waals surface area (Å²) < 4.78 is 5.50. The molecule has 3 rings (SSSR count). The number of rotatable bonds is 7. The fourth-order valence-electron chi connectivity index (χ4n) is 3.29. The molecule has 4 N–H and O–H groups in total. The van der Waals surface area contributed by atoms with Crippen LogP contribution in [0.2, 0.25) is 10.0 Å². The van der Waals surface area contributed by atoms with Crippen molar-refractivity contribution in [2.24, 2.45) is 11.5 Å². The molecule has 1 fully saturated rings. The summed E-state index contributed by atoms with van der Waals surface area (Å²) in [5.41, 5.74) is 12.6. The zero-order valence-electron chi connectivity index (χ0n) is 16.2. The highest BCUT2D eigenvalue weighted by molar-refractivity contribution is 6.42. The highest BCUT2D eigenvalue weighted by Crippen LogP contribution is 2.32. The van der Waals surface area contributed by atoms with Gasteiger partial charge in [0.2, 0.25) is 5.91 Å². The van der Waals surface area contributed by atoms with Crippen molar-refractivity contribution in [2.75, 3.05) is 6.54 Å². The van der Waals surface area contributed by atoms with E-state index >= 15 is 0 Å². The van der Waals surface area contributed by atoms with Crippen LogP contribution in [0.15, 0.2) is 42.5 Å². The second-order valence-corrected chi connectivity index (χ2v) is 8.01. The number of nitrogens with two attached hydrogens (primary N) is 2. The number of cyclic esters (lactones) is 1. The molecule has 3 atom stereocenters. The molecule has 30 heavy (non-hydrogen) atoms. The summed E-state index contributed by atoms with van der Waals surface area (Å²) in [5.74, 6) is -1.41. The number of primary amides is 1. The molecular formula is C21H21Cl2N3O4. The van der Waals surface area contributed by atoms with Crippen LogP contribution in [-0.4, -0.2) is 41.3 Å². The smallest absolute Gasteiger partial charge is 0.410 e. The SMILES string of the molecule is CC(Cc1ccc(C(=O)C(N)C(N)=O)cc1)N1CC(c2ccc(Cl)c(Cl)c2)OC1=O. The molecule has 0 bridgehead atoms. The van der Waals surface area contributed by atoms with Crippen LogP contribution >= 0.6 is 23.2 Å². The molecule has 0 spiro atoms. The molecular weight excluding hydrogens is 429 g/mol. The third-order valence-electron chi connectivity index (χ3n) is 5.05. The van der Waals surface area contributed by atoms with Gasteiger partial charge in [0.25, 0.3) is 0 Å². The molecule has 1 aliphatic rings. The second-order valence-electron chi connectivity index (χ2n) is 7.19. The van der Waals surface area contributed by atoms with Gasteiger partial charge in [-0.3, -0.25) is 9.59 Å². The first-order valence-electron chi connectivity index (χ1n) is 9.27. The minimum atomic E-state index is -1.37. The van der Waals surface area contributed by atoms with Crippen LogP contribution in [0.5, 0.6) is 0 Å². The standard InChI is InChI=1S/C21H21Cl2N3O4/c1-11(8-12-2-4-13(5-3-12)19(27)18(24)20(25)28)26-10-17(30-21(26)29)14-6-7-15(22)16(23)9-14/h2-7,9,11,17-18H,8,10,24H2,1H3,(H2,25,28). The fraction of sp³-hybridized carbons (Fsp3) is 0.286. The fourth-order valence-corrected chi connectivity index (χ4v) is 3.60. The predicted molar refractivity (Wildman–Crippen MR) is 113 cm³/mol. The van der Waals surface area contributed by atoms with E-state index in [-0.39, 0.29) is 6.04 Å². The lowest BCUT2D eigenvalue weighted by molar-refractivity contribution is -0.118. The van der Waals surface area contributed by atoms with E-state index in [0.29, 0.717) is 28.6 Å². The summed E-state index contributed by atoms with van der Waals surface area (Å²) in [5, 5.41) is 0.844. The molecule has 3 unspecified atom stereocenters. The Kier molecular flexibility index (Phi) is 6.65. The quantitative estimate of drug-likeness (QED) is 0.497. The number of hydrogen-bond donors (Lipinski definition) is 2. The molecule has 158 valence electrons. The lowest BCUT2D eigenvalue weighted by atomic mass is 10.00. The molecule has 7 nitrogen and oxygen atoms in total. The van der Waals surface area contributed by atoms with Crippen LogP contribution in [-0.2, 0) is 16.0 Å². The number of carbonyl (C=O) groups excluding carboxylic acids is 3. The Balaban J connectivity index is 1.65. The maximum Gasteiger partial charge on any atom is 0.410 e. The van der Waals surface area contributed by atoms with E-state index in [1.54, 1.807) is 47.4 Å². The van der Waals surface area contributed by atoms with Crippen molar-refractivity contribution in [2.45, 2.75) is 31.5 Å². The number of Topliss-reactive ketones (excluding diaryl/α,β-unsaturated/α-hetero) is 1. The first-order chi connectivity index (χ1) is 14.2. The van der Waals surface area contributed by atoms with E-state index in [9.17, 15) is 14.4 Å². The van der Waals surface area contributed by atoms with Gasteiger partial charge in [0, 0.05) is 11.6 Å². The van der Waals surface area contributed by atoms with Crippen molar-refractivity contribution in [1.29, 1.82) is 0 Å². The topological polar surface area (TPSA) is 116 Å². The van der Waals surface area contributed by atoms with E-state index in [0.717, 1.165) is 11.1 Å². The Morgan fingerprint density at radius 2 is 1.83 bits per heavy atom. The Hall–Kier alpha value is -2.61. The van der Waals surface area contributed by atoms with E-state index in [1.165, 1.54) is 0 Å². The molecule has 0 saturated carbocycles. The molecule has 2 amide bonds. The maximum atomic E-state index is 12.4. The number of hydrogen-bond acceptors (Lipinski definition) is 5. The molecule has 1 saturated heterocycles. The zero-order valence-corrected chi connectivity index (χ0v) is 17.7. The number of nitrogens with zero attached hydrogens (tertiary/aromatic N) is 1. The molecule has 2 aromatic carbocycles. The van der Waals surface area contributed by atoms with E-state index in [1.807, 2.05) is 6.92 Å². The summed E-state index contributed by atoms with van der Waals surface area (Å²) in [6, 6.07) is 10.3. The average Bonchev–Trinajstić information content (AvgIpc) is 3.11. The number of ketones is 1. The van der Waals surface area contributed by atoms with Crippen LogP contribution in [0.25, 0.3) is 0 Å². The molecule has 1 heterocycles. The van der Waals surface area contributed by atoms with Crippen molar-refractivity contribution < 1.29 is 19.1 Å². The van der Waals surface area contributed by atoms with Gasteiger partial charge in [-0.2, -0.15) is 0 Å². The molecule has 0 aromatic heterocycles. The first-order valence-corrected chi connectivity index (χ1v) is 10.0. The van der Waals surface area contributed by atoms with Gasteiger partial charge in [-0.1, -0.05) is 53.5 Å². The Morgan fingerprint density at radius 1 is 1.17 bits per heavy atom. The number of carbonyl (C=O) groups is 3. The average molecular weight is 450 g/mol. The highest BCUT2D eigenvalue weighted by Gasteiger charge is 2.35. The third-order valence-corrected chi connectivity index (χ3v) is 5.79. The largest absolute Gasteiger partial charge is 0.439 e. The molecule has 2 aromatic rings. The van der Waals surface area contributed by atoms with Crippen LogP contribution in [0.1, 0.15) is 34.5 Å². The first kappa shape index (κ1) is 22.1. The van der Waals surface area contributed by atoms with E-state index in [2.05, 4.69) is 0 Å². The Bertz CT molecular complexity index is 981. The van der Waals surface area contributed by atoms with Crippen molar-refractivity contribution in [3.63, 3.8) is 0 Å². The van der Waals surface area contributed by atoms with Crippen molar-refractivity contribution in [1.82, 2.24) is 4.90 Å². The second kappa shape index (κ2) is 9.04. The summed E-state index contributed by atoms with van der Waals surface area (Å²) >= 11 is 12.0. The van der Waals surface area contributed by atoms with Gasteiger partial charge in [-0.25, -0.2) is 4.79 Å². The van der Waals surface area contributed by atoms with Crippen molar-refractivity contribution in [3.05, 3.63) is 69.2 Å². The zero-order chi connectivity index (χ0) is 22.0. The lowest BCUT2D eigenvalue weighted by Crippen LogP contribution is -2.43. The van der Waals surface area contributed by atoms with Gasteiger partial charge < -0.3 is 21.1 Å². The molecule has 9 heteroatoms. The van der Waals surface area contributed by atoms with E-state index in [4.69, 9.17) is 39.4 Å². The van der Waals surface area contributed by atoms with Gasteiger partial charge >= 0.3 is 6.09 Å². The summed E-state index contributed by atoms with van der Waals surface area (Å²) in [6.45, 7) is 2.31. The van der Waals surface area contributed by atoms with Crippen LogP contribution < -0.4 is 11.5 Å². The van der Waals surface area contributed by atoms with Gasteiger partial charge in [0.1, 0.15) is 12.1 Å². The number of benzene rings is 2. The van der Waals surface area contributed by atoms with Gasteiger partial charge in [0.05, 0.1) is 16.6 Å². The molecule has 0 aliphatic carbocycles. The number of ether oxygens (including phenoxy) is 1. The van der Waals surface area contributed by atoms with Crippen LogP contribution in [0, 0.1) is 0 Å². The number of halogens is 2. The van der Waals surface area contributed by atoms with E-state index < -0.39 is 29.9 Å². The van der Waals surface area contributed by atoms with Crippen LogP contribution in [0.3, 0.4) is 0 Å². The summed E-state index contributed by atoms with van der Waals surface area (Å²) in [6.07, 6.45) is -0.276. The minimum Gasteiger partial charge on any atom is -0.439 e. The normalized spacial score (nSPS) is 18.1. The van der Waals surface area contributed by atoms with Gasteiger partial charge in [0.15, 0.2) is 5.78 Å². The highest BCUT2D eigenvalue weighted by atomic mass is 35.5. The van der Waals surface area contributed by atoms with Crippen LogP contribution in [0.4, 0.5) is 4.79 Å². The maximum absolute atomic E-state index is 12.4. The predicted octanol–water partition coefficient (Wildman–Crippen LogP) is 3.11. The van der Waals surface area contributed by atoms with Gasteiger partial charge in [-0.15, -0.1) is 0 Å². The minimum absolute atomic E-state index is 0.139. The molecule has 1 aliphatic heterocycles. The molecule has 0 radical (unpaired) electrons. The third kappa shape index (κ3) is 4.75. The Labute approximate surface area is 183 Å². The Morgan fingerprint density at radius 3 is 2.43 bits per heavy atom. The summed E-state index contributed by atoms with van der Waals surface area (Å²) in [4.78, 5) is 37.2. The summed E-state index contributed by atoms with van der Waals surface area (Å²) in [7, 11) is 0. The van der Waals surface area contributed by atoms with Crippen molar-refractivity contribution >= 4 is 41.0 Å².